The number of nitrogens with zero attached hydrogens (tertiary/aromatic N) is 7. The number of anilines is 1. The van der Waals surface area contributed by atoms with Gasteiger partial charge in [0.25, 0.3) is 0 Å². The largest absolute Gasteiger partial charge is 0.454 e. The summed E-state index contributed by atoms with van der Waals surface area (Å²) in [7, 11) is 0. The first-order chi connectivity index (χ1) is 13.2. The number of rotatable bonds is 4. The van der Waals surface area contributed by atoms with Crippen LogP contribution in [0, 0.1) is 0 Å². The highest BCUT2D eigenvalue weighted by molar-refractivity contribution is 5.90. The van der Waals surface area contributed by atoms with Crippen LogP contribution in [-0.2, 0) is 6.54 Å². The second-order valence-electron chi connectivity index (χ2n) is 6.31. The van der Waals surface area contributed by atoms with Crippen LogP contribution >= 0.6 is 0 Å². The van der Waals surface area contributed by atoms with Crippen LogP contribution in [0.2, 0.25) is 0 Å². The molecule has 0 saturated carbocycles. The number of amides is 2. The van der Waals surface area contributed by atoms with Crippen LogP contribution in [0.1, 0.15) is 11.7 Å². The Morgan fingerprint density at radius 3 is 2.85 bits per heavy atom. The summed E-state index contributed by atoms with van der Waals surface area (Å²) in [5.74, 6) is 1.32. The molecule has 0 spiro atoms. The van der Waals surface area contributed by atoms with Crippen LogP contribution < -0.4 is 14.8 Å². The van der Waals surface area contributed by atoms with Gasteiger partial charge in [0.05, 0.1) is 24.6 Å². The molecule has 5 rings (SSSR count). The molecule has 2 aliphatic rings. The second-order valence-corrected chi connectivity index (χ2v) is 6.31. The molecule has 27 heavy (non-hydrogen) atoms. The molecule has 0 aliphatic carbocycles. The summed E-state index contributed by atoms with van der Waals surface area (Å²) in [6.07, 6.45) is 5.10. The number of aromatic nitrogens is 6. The molecule has 2 aliphatic heterocycles. The van der Waals surface area contributed by atoms with Crippen molar-refractivity contribution in [2.45, 2.75) is 12.6 Å². The Bertz CT molecular complexity index is 964. The van der Waals surface area contributed by atoms with E-state index in [1.807, 2.05) is 6.20 Å². The Morgan fingerprint density at radius 1 is 1.19 bits per heavy atom. The summed E-state index contributed by atoms with van der Waals surface area (Å²) in [5, 5.41) is 19.2. The summed E-state index contributed by atoms with van der Waals surface area (Å²) in [5.41, 5.74) is 1.44. The lowest BCUT2D eigenvalue weighted by atomic mass is 10.1. The number of benzene rings is 1. The minimum absolute atomic E-state index is 0.110. The quantitative estimate of drug-likeness (QED) is 0.722. The van der Waals surface area contributed by atoms with Crippen LogP contribution in [0.3, 0.4) is 0 Å². The maximum Gasteiger partial charge on any atom is 0.321 e. The standard InChI is InChI=1S/C16H16N8O3/c25-16(19-11-1-2-14-15(5-11)27-10-26-14)22-8-13(9-22)23-6-12(20-21-23)7-24-17-3-4-18-24/h1-6,13H,7-10H2,(H,19,25). The van der Waals surface area contributed by atoms with Gasteiger partial charge in [-0.25, -0.2) is 9.48 Å². The van der Waals surface area contributed by atoms with Crippen LogP contribution in [0.4, 0.5) is 10.5 Å². The topological polar surface area (TPSA) is 112 Å². The van der Waals surface area contributed by atoms with E-state index in [4.69, 9.17) is 9.47 Å². The van der Waals surface area contributed by atoms with Crippen molar-refractivity contribution in [2.75, 3.05) is 25.2 Å². The van der Waals surface area contributed by atoms with Gasteiger partial charge in [-0.2, -0.15) is 15.0 Å². The van der Waals surface area contributed by atoms with Crippen molar-refractivity contribution in [3.05, 3.63) is 42.5 Å². The van der Waals surface area contributed by atoms with E-state index in [0.29, 0.717) is 36.8 Å². The Morgan fingerprint density at radius 2 is 2.00 bits per heavy atom. The third kappa shape index (κ3) is 3.03. The van der Waals surface area contributed by atoms with E-state index >= 15 is 0 Å². The highest BCUT2D eigenvalue weighted by Gasteiger charge is 2.33. The number of carbonyl (C=O) groups excluding carboxylic acids is 1. The van der Waals surface area contributed by atoms with Gasteiger partial charge in [-0.05, 0) is 12.1 Å². The maximum atomic E-state index is 12.4. The van der Waals surface area contributed by atoms with Gasteiger partial charge in [-0.1, -0.05) is 5.21 Å². The fraction of sp³-hybridized carbons (Fsp3) is 0.312. The van der Waals surface area contributed by atoms with Crippen molar-refractivity contribution >= 4 is 11.7 Å². The summed E-state index contributed by atoms with van der Waals surface area (Å²) in [4.78, 5) is 15.6. The minimum Gasteiger partial charge on any atom is -0.454 e. The maximum absolute atomic E-state index is 12.4. The van der Waals surface area contributed by atoms with Gasteiger partial charge >= 0.3 is 6.03 Å². The lowest BCUT2D eigenvalue weighted by Crippen LogP contribution is -2.52. The van der Waals surface area contributed by atoms with Gasteiger partial charge < -0.3 is 19.7 Å². The van der Waals surface area contributed by atoms with Gasteiger partial charge in [-0.3, -0.25) is 0 Å². The molecule has 2 amide bonds. The number of hydrogen-bond donors (Lipinski definition) is 1. The first-order valence-electron chi connectivity index (χ1n) is 8.45. The van der Waals surface area contributed by atoms with E-state index in [1.165, 1.54) is 0 Å². The Kier molecular flexibility index (Phi) is 3.62. The number of fused-ring (bicyclic) bond motifs is 1. The molecule has 0 atom stereocenters. The molecule has 1 N–H and O–H groups in total. The third-order valence-corrected chi connectivity index (χ3v) is 4.48. The first kappa shape index (κ1) is 15.6. The van der Waals surface area contributed by atoms with Gasteiger partial charge in [-0.15, -0.1) is 5.10 Å². The van der Waals surface area contributed by atoms with E-state index < -0.39 is 0 Å². The average Bonchev–Trinajstić information content (AvgIpc) is 3.35. The monoisotopic (exact) mass is 368 g/mol. The first-order valence-corrected chi connectivity index (χ1v) is 8.45. The third-order valence-electron chi connectivity index (χ3n) is 4.48. The number of carbonyl (C=O) groups is 1. The molecule has 1 fully saturated rings. The molecule has 3 aromatic rings. The lowest BCUT2D eigenvalue weighted by Gasteiger charge is -2.38. The molecule has 0 bridgehead atoms. The molecule has 11 nitrogen and oxygen atoms in total. The highest BCUT2D eigenvalue weighted by atomic mass is 16.7. The van der Waals surface area contributed by atoms with Gasteiger partial charge in [0, 0.05) is 24.8 Å². The SMILES string of the molecule is O=C(Nc1ccc2c(c1)OCO2)N1CC(n2cc(Cn3nccn3)nn2)C1. The van der Waals surface area contributed by atoms with E-state index in [9.17, 15) is 4.79 Å². The molecule has 0 unspecified atom stereocenters. The van der Waals surface area contributed by atoms with Gasteiger partial charge in [0.1, 0.15) is 12.2 Å². The number of urea groups is 1. The smallest absolute Gasteiger partial charge is 0.321 e. The van der Waals surface area contributed by atoms with Crippen LogP contribution in [0.5, 0.6) is 11.5 Å². The Balaban J connectivity index is 1.16. The lowest BCUT2D eigenvalue weighted by molar-refractivity contribution is 0.127. The second kappa shape index (κ2) is 6.27. The molecule has 4 heterocycles. The van der Waals surface area contributed by atoms with E-state index in [2.05, 4.69) is 25.8 Å². The summed E-state index contributed by atoms with van der Waals surface area (Å²) >= 11 is 0. The fourth-order valence-electron chi connectivity index (χ4n) is 3.00. The zero-order chi connectivity index (χ0) is 18.2. The van der Waals surface area contributed by atoms with Crippen LogP contribution in [-0.4, -0.2) is 60.8 Å². The van der Waals surface area contributed by atoms with E-state index in [0.717, 1.165) is 5.69 Å². The predicted molar refractivity (Wildman–Crippen MR) is 91.3 cm³/mol. The normalized spacial score (nSPS) is 15.6. The van der Waals surface area contributed by atoms with E-state index in [1.54, 1.807) is 45.0 Å². The summed E-state index contributed by atoms with van der Waals surface area (Å²) in [6, 6.07) is 5.27. The Hall–Kier alpha value is -3.63. The van der Waals surface area contributed by atoms with Gasteiger partial charge in [0.2, 0.25) is 6.79 Å². The van der Waals surface area contributed by atoms with Crippen molar-refractivity contribution in [2.24, 2.45) is 0 Å². The van der Waals surface area contributed by atoms with Crippen molar-refractivity contribution < 1.29 is 14.3 Å². The molecule has 0 radical (unpaired) electrons. The van der Waals surface area contributed by atoms with Crippen LogP contribution in [0.25, 0.3) is 0 Å². The minimum atomic E-state index is -0.161. The predicted octanol–water partition coefficient (Wildman–Crippen LogP) is 0.735. The Labute approximate surface area is 153 Å². The summed E-state index contributed by atoms with van der Waals surface area (Å²) < 4.78 is 12.4. The molecule has 2 aromatic heterocycles. The van der Waals surface area contributed by atoms with Crippen molar-refractivity contribution in [3.8, 4) is 11.5 Å². The van der Waals surface area contributed by atoms with Crippen molar-refractivity contribution in [1.82, 2.24) is 34.9 Å². The number of likely N-dealkylation sites (tertiary alicyclic amines) is 1. The number of ether oxygens (including phenoxy) is 2. The van der Waals surface area contributed by atoms with Crippen molar-refractivity contribution in [3.63, 3.8) is 0 Å². The molecular weight excluding hydrogens is 352 g/mol. The molecule has 138 valence electrons. The molecule has 1 saturated heterocycles. The average molecular weight is 368 g/mol. The number of hydrogen-bond acceptors (Lipinski definition) is 7. The highest BCUT2D eigenvalue weighted by Crippen LogP contribution is 2.34. The van der Waals surface area contributed by atoms with Gasteiger partial charge in [0.15, 0.2) is 11.5 Å². The zero-order valence-electron chi connectivity index (χ0n) is 14.2. The van der Waals surface area contributed by atoms with Crippen LogP contribution in [0.15, 0.2) is 36.8 Å². The number of nitrogens with one attached hydrogen (secondary N) is 1. The summed E-state index contributed by atoms with van der Waals surface area (Å²) in [6.45, 7) is 1.81. The van der Waals surface area contributed by atoms with E-state index in [-0.39, 0.29) is 18.9 Å². The fourth-order valence-corrected chi connectivity index (χ4v) is 3.00. The molecular formula is C16H16N8O3. The molecule has 1 aromatic carbocycles. The molecule has 11 heteroatoms. The van der Waals surface area contributed by atoms with Crippen molar-refractivity contribution in [1.29, 1.82) is 0 Å². The zero-order valence-corrected chi connectivity index (χ0v) is 14.2.